The van der Waals surface area contributed by atoms with Gasteiger partial charge in [-0.1, -0.05) is 22.9 Å². The Balaban J connectivity index is 3.72. The highest BCUT2D eigenvalue weighted by Crippen LogP contribution is 2.08. The Bertz CT molecular complexity index is 83.7. The number of allylic oxidation sites excluding steroid dienone is 1. The molecule has 4 N–H and O–H groups in total. The molecule has 0 amide bonds. The van der Waals surface area contributed by atoms with Crippen molar-refractivity contribution in [2.75, 3.05) is 0 Å². The molecule has 0 aromatic carbocycles. The number of halogens is 1. The molecule has 3 heteroatoms. The van der Waals surface area contributed by atoms with Crippen molar-refractivity contribution in [2.24, 2.45) is 11.5 Å². The van der Waals surface area contributed by atoms with Crippen LogP contribution in [0.1, 0.15) is 13.3 Å². The van der Waals surface area contributed by atoms with E-state index >= 15 is 0 Å². The second kappa shape index (κ2) is 2.91. The first-order valence-corrected chi connectivity index (χ1v) is 2.87. The summed E-state index contributed by atoms with van der Waals surface area (Å²) in [7, 11) is 0. The molecule has 0 aliphatic rings. The van der Waals surface area contributed by atoms with Gasteiger partial charge in [0.05, 0.1) is 0 Å². The standard InChI is InChI=1S/C4H9BrN2/c1-2-3(5)4(6)7/h2,6-7H2,1H3. The van der Waals surface area contributed by atoms with Gasteiger partial charge < -0.3 is 11.5 Å². The molecule has 0 heterocycles. The second-order valence-electron chi connectivity index (χ2n) is 1.21. The van der Waals surface area contributed by atoms with Crippen LogP contribution in [0.3, 0.4) is 0 Å². The Hall–Kier alpha value is -0.180. The third kappa shape index (κ3) is 2.51. The lowest BCUT2D eigenvalue weighted by Gasteiger charge is -1.92. The summed E-state index contributed by atoms with van der Waals surface area (Å²) in [5.41, 5.74) is 10.3. The van der Waals surface area contributed by atoms with E-state index in [1.54, 1.807) is 0 Å². The average molecular weight is 165 g/mol. The van der Waals surface area contributed by atoms with E-state index < -0.39 is 0 Å². The Morgan fingerprint density at radius 1 is 1.57 bits per heavy atom. The second-order valence-corrected chi connectivity index (χ2v) is 2.17. The van der Waals surface area contributed by atoms with E-state index in [1.807, 2.05) is 6.92 Å². The predicted molar refractivity (Wildman–Crippen MR) is 34.6 cm³/mol. The van der Waals surface area contributed by atoms with Crippen molar-refractivity contribution in [1.29, 1.82) is 0 Å². The zero-order valence-corrected chi connectivity index (χ0v) is 5.83. The van der Waals surface area contributed by atoms with Gasteiger partial charge in [-0.15, -0.1) is 0 Å². The highest BCUT2D eigenvalue weighted by atomic mass is 79.9. The molecule has 0 fully saturated rings. The lowest BCUT2D eigenvalue weighted by molar-refractivity contribution is 1.12. The molecule has 42 valence electrons. The van der Waals surface area contributed by atoms with E-state index in [9.17, 15) is 0 Å². The summed E-state index contributed by atoms with van der Waals surface area (Å²) in [6, 6.07) is 0. The van der Waals surface area contributed by atoms with Gasteiger partial charge in [0.1, 0.15) is 5.82 Å². The first-order valence-electron chi connectivity index (χ1n) is 2.08. The fraction of sp³-hybridized carbons (Fsp3) is 0.500. The molecule has 0 bridgehead atoms. The summed E-state index contributed by atoms with van der Waals surface area (Å²) < 4.78 is 0.882. The van der Waals surface area contributed by atoms with Gasteiger partial charge in [0, 0.05) is 4.48 Å². The van der Waals surface area contributed by atoms with Gasteiger partial charge in [-0.2, -0.15) is 0 Å². The summed E-state index contributed by atoms with van der Waals surface area (Å²) >= 11 is 3.17. The van der Waals surface area contributed by atoms with E-state index in [-0.39, 0.29) is 0 Å². The normalized spacial score (nSPS) is 8.29. The summed E-state index contributed by atoms with van der Waals surface area (Å²) in [5, 5.41) is 0. The van der Waals surface area contributed by atoms with Crippen molar-refractivity contribution >= 4 is 15.9 Å². The lowest BCUT2D eigenvalue weighted by Crippen LogP contribution is -2.09. The van der Waals surface area contributed by atoms with Crippen LogP contribution in [0.2, 0.25) is 0 Å². The number of rotatable bonds is 1. The van der Waals surface area contributed by atoms with Gasteiger partial charge in [-0.05, 0) is 6.42 Å². The van der Waals surface area contributed by atoms with Crippen molar-refractivity contribution in [3.8, 4) is 0 Å². The van der Waals surface area contributed by atoms with Crippen LogP contribution in [0.15, 0.2) is 10.3 Å². The fourth-order valence-electron chi connectivity index (χ4n) is 0.204. The van der Waals surface area contributed by atoms with Crippen LogP contribution in [0, 0.1) is 0 Å². The molecule has 0 saturated heterocycles. The molecule has 0 aromatic heterocycles. The lowest BCUT2D eigenvalue weighted by atomic mass is 10.4. The number of hydrogen-bond donors (Lipinski definition) is 2. The molecule has 0 aliphatic carbocycles. The van der Waals surface area contributed by atoms with E-state index in [1.165, 1.54) is 0 Å². The van der Waals surface area contributed by atoms with Crippen LogP contribution >= 0.6 is 15.9 Å². The van der Waals surface area contributed by atoms with E-state index in [4.69, 9.17) is 11.5 Å². The van der Waals surface area contributed by atoms with Crippen molar-refractivity contribution in [3.63, 3.8) is 0 Å². The molecule has 0 saturated carbocycles. The molecule has 0 radical (unpaired) electrons. The Morgan fingerprint density at radius 3 is 2.00 bits per heavy atom. The van der Waals surface area contributed by atoms with Crippen LogP contribution in [0.5, 0.6) is 0 Å². The number of nitrogens with two attached hydrogens (primary N) is 2. The number of hydrogen-bond acceptors (Lipinski definition) is 2. The van der Waals surface area contributed by atoms with Gasteiger partial charge in [-0.3, -0.25) is 0 Å². The van der Waals surface area contributed by atoms with Gasteiger partial charge in [-0.25, -0.2) is 0 Å². The first kappa shape index (κ1) is 6.82. The van der Waals surface area contributed by atoms with Crippen LogP contribution in [0.4, 0.5) is 0 Å². The first-order chi connectivity index (χ1) is 3.18. The van der Waals surface area contributed by atoms with Gasteiger partial charge >= 0.3 is 0 Å². The molecule has 0 spiro atoms. The molecule has 0 unspecified atom stereocenters. The summed E-state index contributed by atoms with van der Waals surface area (Å²) in [6.07, 6.45) is 0.863. The molecule has 0 aliphatic heterocycles. The maximum Gasteiger partial charge on any atom is 0.104 e. The monoisotopic (exact) mass is 164 g/mol. The largest absolute Gasteiger partial charge is 0.385 e. The minimum Gasteiger partial charge on any atom is -0.385 e. The molecular formula is C4H9BrN2. The van der Waals surface area contributed by atoms with Crippen molar-refractivity contribution in [3.05, 3.63) is 10.3 Å². The molecular weight excluding hydrogens is 156 g/mol. The molecule has 7 heavy (non-hydrogen) atoms. The van der Waals surface area contributed by atoms with E-state index in [0.29, 0.717) is 5.82 Å². The predicted octanol–water partition coefficient (Wildman–Crippen LogP) is 0.878. The highest BCUT2D eigenvalue weighted by Gasteiger charge is 1.87. The van der Waals surface area contributed by atoms with E-state index in [0.717, 1.165) is 10.9 Å². The summed E-state index contributed by atoms with van der Waals surface area (Å²) in [4.78, 5) is 0. The van der Waals surface area contributed by atoms with Gasteiger partial charge in [0.2, 0.25) is 0 Å². The minimum absolute atomic E-state index is 0.377. The SMILES string of the molecule is CCC(Br)=C(N)N. The molecule has 0 rings (SSSR count). The summed E-state index contributed by atoms with van der Waals surface area (Å²) in [5.74, 6) is 0.377. The van der Waals surface area contributed by atoms with Crippen LogP contribution < -0.4 is 11.5 Å². The average Bonchev–Trinajstić information content (AvgIpc) is 1.65. The minimum atomic E-state index is 0.377. The Labute approximate surface area is 51.7 Å². The van der Waals surface area contributed by atoms with Gasteiger partial charge in [0.25, 0.3) is 0 Å². The summed E-state index contributed by atoms with van der Waals surface area (Å²) in [6.45, 7) is 1.98. The van der Waals surface area contributed by atoms with Crippen molar-refractivity contribution in [1.82, 2.24) is 0 Å². The maximum atomic E-state index is 5.16. The highest BCUT2D eigenvalue weighted by molar-refractivity contribution is 9.11. The van der Waals surface area contributed by atoms with Gasteiger partial charge in [0.15, 0.2) is 0 Å². The zero-order valence-electron chi connectivity index (χ0n) is 4.24. The fourth-order valence-corrected chi connectivity index (χ4v) is 0.204. The topological polar surface area (TPSA) is 52.0 Å². The Kier molecular flexibility index (Phi) is 2.83. The maximum absolute atomic E-state index is 5.16. The molecule has 2 nitrogen and oxygen atoms in total. The van der Waals surface area contributed by atoms with Crippen molar-refractivity contribution < 1.29 is 0 Å². The van der Waals surface area contributed by atoms with Crippen LogP contribution in [-0.2, 0) is 0 Å². The quantitative estimate of drug-likeness (QED) is 0.605. The van der Waals surface area contributed by atoms with Crippen LogP contribution in [-0.4, -0.2) is 0 Å². The van der Waals surface area contributed by atoms with Crippen molar-refractivity contribution in [2.45, 2.75) is 13.3 Å². The van der Waals surface area contributed by atoms with E-state index in [2.05, 4.69) is 15.9 Å². The van der Waals surface area contributed by atoms with Crippen LogP contribution in [0.25, 0.3) is 0 Å². The third-order valence-electron chi connectivity index (χ3n) is 0.624. The molecule has 0 aromatic rings. The zero-order chi connectivity index (χ0) is 5.86. The Morgan fingerprint density at radius 2 is 2.00 bits per heavy atom. The third-order valence-corrected chi connectivity index (χ3v) is 1.64. The molecule has 0 atom stereocenters. The smallest absolute Gasteiger partial charge is 0.104 e.